The lowest BCUT2D eigenvalue weighted by Crippen LogP contribution is -2.30. The van der Waals surface area contributed by atoms with Crippen molar-refractivity contribution in [2.24, 2.45) is 0 Å². The van der Waals surface area contributed by atoms with Gasteiger partial charge in [0.1, 0.15) is 0 Å². The Morgan fingerprint density at radius 1 is 1.03 bits per heavy atom. The average molecular weight is 451 g/mol. The van der Waals surface area contributed by atoms with E-state index in [0.29, 0.717) is 9.47 Å². The first-order chi connectivity index (χ1) is 15.1. The van der Waals surface area contributed by atoms with E-state index < -0.39 is 0 Å². The molecular weight excluding hydrogens is 428 g/mol. The molecule has 1 fully saturated rings. The first kappa shape index (κ1) is 20.2. The standard InChI is InChI=1S/C23H22N4O2S2/c1-15(28)26(18-12-13-18)22-24-25-23(31-22)30-14-21(29)27-19-8-4-2-6-16(19)10-11-17-7-3-5-9-20(17)27/h2-9,18H,10-14H2,1H3. The number of anilines is 3. The Morgan fingerprint density at radius 2 is 1.65 bits per heavy atom. The van der Waals surface area contributed by atoms with E-state index in [9.17, 15) is 9.59 Å². The maximum Gasteiger partial charge on any atom is 0.242 e. The predicted octanol–water partition coefficient (Wildman–Crippen LogP) is 4.61. The van der Waals surface area contributed by atoms with E-state index in [-0.39, 0.29) is 23.6 Å². The van der Waals surface area contributed by atoms with E-state index in [1.807, 2.05) is 41.3 Å². The second-order valence-corrected chi connectivity index (χ2v) is 9.92. The Kier molecular flexibility index (Phi) is 5.50. The Labute approximate surface area is 189 Å². The summed E-state index contributed by atoms with van der Waals surface area (Å²) in [4.78, 5) is 29.0. The van der Waals surface area contributed by atoms with Crippen LogP contribution in [0.15, 0.2) is 52.9 Å². The third-order valence-corrected chi connectivity index (χ3v) is 7.59. The lowest BCUT2D eigenvalue weighted by Gasteiger charge is -2.24. The number of para-hydroxylation sites is 2. The van der Waals surface area contributed by atoms with Gasteiger partial charge < -0.3 is 0 Å². The summed E-state index contributed by atoms with van der Waals surface area (Å²) >= 11 is 2.75. The van der Waals surface area contributed by atoms with Crippen molar-refractivity contribution in [1.82, 2.24) is 10.2 Å². The number of benzene rings is 2. The van der Waals surface area contributed by atoms with Gasteiger partial charge in [-0.25, -0.2) is 0 Å². The third kappa shape index (κ3) is 4.09. The van der Waals surface area contributed by atoms with Crippen LogP contribution in [0.4, 0.5) is 16.5 Å². The lowest BCUT2D eigenvalue weighted by molar-refractivity contribution is -0.117. The Balaban J connectivity index is 1.37. The minimum Gasteiger partial charge on any atom is -0.284 e. The monoisotopic (exact) mass is 450 g/mol. The van der Waals surface area contributed by atoms with E-state index >= 15 is 0 Å². The van der Waals surface area contributed by atoms with Crippen LogP contribution >= 0.6 is 23.1 Å². The van der Waals surface area contributed by atoms with Gasteiger partial charge in [-0.1, -0.05) is 59.5 Å². The Morgan fingerprint density at radius 3 is 2.23 bits per heavy atom. The minimum absolute atomic E-state index is 0.00849. The molecule has 5 rings (SSSR count). The number of hydrogen-bond donors (Lipinski definition) is 0. The molecule has 0 bridgehead atoms. The number of thioether (sulfide) groups is 1. The van der Waals surface area contributed by atoms with Crippen LogP contribution in [0.2, 0.25) is 0 Å². The number of hydrogen-bond acceptors (Lipinski definition) is 6. The quantitative estimate of drug-likeness (QED) is 0.420. The number of carbonyl (C=O) groups is 2. The van der Waals surface area contributed by atoms with E-state index in [2.05, 4.69) is 22.3 Å². The second-order valence-electron chi connectivity index (χ2n) is 7.75. The van der Waals surface area contributed by atoms with Crippen molar-refractivity contribution in [1.29, 1.82) is 0 Å². The molecule has 1 aromatic heterocycles. The number of carbonyl (C=O) groups excluding carboxylic acids is 2. The van der Waals surface area contributed by atoms with Crippen molar-refractivity contribution in [2.75, 3.05) is 15.6 Å². The molecular formula is C23H22N4O2S2. The maximum absolute atomic E-state index is 13.4. The molecule has 2 amide bonds. The molecule has 1 saturated carbocycles. The first-order valence-electron chi connectivity index (χ1n) is 10.4. The summed E-state index contributed by atoms with van der Waals surface area (Å²) in [5, 5.41) is 9.05. The van der Waals surface area contributed by atoms with Crippen LogP contribution in [0.5, 0.6) is 0 Å². The highest BCUT2D eigenvalue weighted by Gasteiger charge is 2.34. The molecule has 0 N–H and O–H groups in total. The van der Waals surface area contributed by atoms with Gasteiger partial charge in [0, 0.05) is 13.0 Å². The smallest absolute Gasteiger partial charge is 0.242 e. The molecule has 2 heterocycles. The zero-order valence-electron chi connectivity index (χ0n) is 17.2. The zero-order chi connectivity index (χ0) is 21.4. The van der Waals surface area contributed by atoms with Crippen molar-refractivity contribution in [3.8, 4) is 0 Å². The maximum atomic E-state index is 13.4. The lowest BCUT2D eigenvalue weighted by atomic mass is 10.0. The highest BCUT2D eigenvalue weighted by Crippen LogP contribution is 2.38. The Bertz CT molecular complexity index is 1090. The molecule has 0 spiro atoms. The molecule has 0 unspecified atom stereocenters. The van der Waals surface area contributed by atoms with Gasteiger partial charge >= 0.3 is 0 Å². The fourth-order valence-corrected chi connectivity index (χ4v) is 5.78. The number of aryl methyl sites for hydroxylation is 2. The van der Waals surface area contributed by atoms with Crippen molar-refractivity contribution < 1.29 is 9.59 Å². The number of fused-ring (bicyclic) bond motifs is 2. The van der Waals surface area contributed by atoms with Crippen LogP contribution in [0.25, 0.3) is 0 Å². The van der Waals surface area contributed by atoms with Gasteiger partial charge in [0.05, 0.1) is 17.1 Å². The summed E-state index contributed by atoms with van der Waals surface area (Å²) in [6, 6.07) is 16.5. The van der Waals surface area contributed by atoms with Crippen LogP contribution in [0.3, 0.4) is 0 Å². The SMILES string of the molecule is CC(=O)N(c1nnc(SCC(=O)N2c3ccccc3CCc3ccccc32)s1)C1CC1. The van der Waals surface area contributed by atoms with Crippen LogP contribution < -0.4 is 9.80 Å². The third-order valence-electron chi connectivity index (χ3n) is 5.55. The van der Waals surface area contributed by atoms with Gasteiger partial charge in [0.25, 0.3) is 0 Å². The fraction of sp³-hybridized carbons (Fsp3) is 0.304. The van der Waals surface area contributed by atoms with Gasteiger partial charge in [-0.05, 0) is 48.9 Å². The number of aromatic nitrogens is 2. The highest BCUT2D eigenvalue weighted by molar-refractivity contribution is 8.01. The topological polar surface area (TPSA) is 66.4 Å². The van der Waals surface area contributed by atoms with Crippen LogP contribution in [-0.4, -0.2) is 33.8 Å². The van der Waals surface area contributed by atoms with E-state index in [0.717, 1.165) is 37.1 Å². The van der Waals surface area contributed by atoms with Gasteiger partial charge in [-0.2, -0.15) is 0 Å². The largest absolute Gasteiger partial charge is 0.284 e. The average Bonchev–Trinajstić information content (AvgIpc) is 3.52. The van der Waals surface area contributed by atoms with Gasteiger partial charge in [-0.3, -0.25) is 19.4 Å². The second kappa shape index (κ2) is 8.43. The van der Waals surface area contributed by atoms with E-state index in [1.165, 1.54) is 34.2 Å². The molecule has 8 heteroatoms. The summed E-state index contributed by atoms with van der Waals surface area (Å²) in [6.45, 7) is 1.56. The van der Waals surface area contributed by atoms with Crippen molar-refractivity contribution in [3.05, 3.63) is 59.7 Å². The number of amides is 2. The van der Waals surface area contributed by atoms with Gasteiger partial charge in [-0.15, -0.1) is 10.2 Å². The normalized spacial score (nSPS) is 15.1. The first-order valence-corrected chi connectivity index (χ1v) is 12.2. The van der Waals surface area contributed by atoms with Crippen LogP contribution in [0, 0.1) is 0 Å². The summed E-state index contributed by atoms with van der Waals surface area (Å²) < 4.78 is 0.701. The molecule has 0 saturated heterocycles. The van der Waals surface area contributed by atoms with E-state index in [1.54, 1.807) is 11.8 Å². The molecule has 2 aromatic carbocycles. The molecule has 0 radical (unpaired) electrons. The number of nitrogens with zero attached hydrogens (tertiary/aromatic N) is 4. The Hall–Kier alpha value is -2.71. The zero-order valence-corrected chi connectivity index (χ0v) is 18.8. The summed E-state index contributed by atoms with van der Waals surface area (Å²) in [6.07, 6.45) is 3.83. The molecule has 6 nitrogen and oxygen atoms in total. The highest BCUT2D eigenvalue weighted by atomic mass is 32.2. The minimum atomic E-state index is -0.0101. The number of rotatable bonds is 5. The summed E-state index contributed by atoms with van der Waals surface area (Å²) in [5.41, 5.74) is 4.26. The van der Waals surface area contributed by atoms with Crippen LogP contribution in [0.1, 0.15) is 30.9 Å². The van der Waals surface area contributed by atoms with Gasteiger partial charge in [0.2, 0.25) is 16.9 Å². The van der Waals surface area contributed by atoms with Crippen molar-refractivity contribution in [2.45, 2.75) is 43.0 Å². The van der Waals surface area contributed by atoms with Crippen LogP contribution in [-0.2, 0) is 22.4 Å². The molecule has 158 valence electrons. The molecule has 1 aliphatic carbocycles. The molecule has 0 atom stereocenters. The fourth-order valence-electron chi connectivity index (χ4n) is 3.98. The molecule has 3 aromatic rings. The molecule has 31 heavy (non-hydrogen) atoms. The predicted molar refractivity (Wildman–Crippen MR) is 124 cm³/mol. The molecule has 1 aliphatic heterocycles. The van der Waals surface area contributed by atoms with Crippen molar-refractivity contribution >= 4 is 51.4 Å². The van der Waals surface area contributed by atoms with Crippen molar-refractivity contribution in [3.63, 3.8) is 0 Å². The summed E-state index contributed by atoms with van der Waals surface area (Å²) in [7, 11) is 0. The molecule has 2 aliphatic rings. The summed E-state index contributed by atoms with van der Waals surface area (Å²) in [5.74, 6) is 0.249. The van der Waals surface area contributed by atoms with E-state index in [4.69, 9.17) is 0 Å². The van der Waals surface area contributed by atoms with Gasteiger partial charge in [0.15, 0.2) is 4.34 Å².